The third-order valence-corrected chi connectivity index (χ3v) is 7.37. The summed E-state index contributed by atoms with van der Waals surface area (Å²) in [5.74, 6) is 0.575. The molecule has 5 rings (SSSR count). The Balaban J connectivity index is 0.00000172. The SMILES string of the molecule is CC.CC=N/C(=C\C)c1ccnc(Nc2ccc3[nH]c(C(=O)N4CCC(N5CCN(C)CC5)CC4)cc3c2)n1. The molecule has 1 amide bonds. The van der Waals surface area contributed by atoms with Gasteiger partial charge in [0.05, 0.1) is 11.4 Å². The van der Waals surface area contributed by atoms with Crippen molar-refractivity contribution in [3.63, 3.8) is 0 Å². The Hall–Kier alpha value is -3.56. The number of aliphatic imine (C=N–C) groups is 1. The predicted octanol–water partition coefficient (Wildman–Crippen LogP) is 5.03. The van der Waals surface area contributed by atoms with E-state index in [9.17, 15) is 4.79 Å². The lowest BCUT2D eigenvalue weighted by Crippen LogP contribution is -2.53. The van der Waals surface area contributed by atoms with E-state index in [1.54, 1.807) is 12.4 Å². The first-order chi connectivity index (χ1) is 19.0. The first-order valence-electron chi connectivity index (χ1n) is 14.1. The van der Waals surface area contributed by atoms with Gasteiger partial charge in [0.2, 0.25) is 5.95 Å². The second-order valence-electron chi connectivity index (χ2n) is 9.80. The van der Waals surface area contributed by atoms with Crippen LogP contribution in [0.1, 0.15) is 56.7 Å². The number of piperazine rings is 1. The van der Waals surface area contributed by atoms with E-state index in [-0.39, 0.29) is 5.91 Å². The van der Waals surface area contributed by atoms with Crippen molar-refractivity contribution in [2.75, 3.05) is 51.6 Å². The smallest absolute Gasteiger partial charge is 0.270 e. The summed E-state index contributed by atoms with van der Waals surface area (Å²) in [7, 11) is 2.19. The average Bonchev–Trinajstić information content (AvgIpc) is 3.41. The van der Waals surface area contributed by atoms with Crippen molar-refractivity contribution in [1.29, 1.82) is 0 Å². The van der Waals surface area contributed by atoms with Crippen LogP contribution in [-0.2, 0) is 0 Å². The van der Waals surface area contributed by atoms with Crippen LogP contribution in [0.25, 0.3) is 16.6 Å². The maximum Gasteiger partial charge on any atom is 0.270 e. The lowest BCUT2D eigenvalue weighted by molar-refractivity contribution is 0.0515. The fraction of sp³-hybridized carbons (Fsp3) is 0.467. The van der Waals surface area contributed by atoms with Gasteiger partial charge in [0.1, 0.15) is 5.69 Å². The van der Waals surface area contributed by atoms with Gasteiger partial charge in [-0.15, -0.1) is 0 Å². The summed E-state index contributed by atoms with van der Waals surface area (Å²) in [5, 5.41) is 4.25. The van der Waals surface area contributed by atoms with Gasteiger partial charge in [0.15, 0.2) is 0 Å². The molecule has 0 saturated carbocycles. The molecule has 208 valence electrons. The Bertz CT molecular complexity index is 1300. The third kappa shape index (κ3) is 6.91. The number of nitrogens with zero attached hydrogens (tertiary/aromatic N) is 6. The fourth-order valence-corrected chi connectivity index (χ4v) is 5.24. The molecule has 2 saturated heterocycles. The lowest BCUT2D eigenvalue weighted by Gasteiger charge is -2.42. The summed E-state index contributed by atoms with van der Waals surface area (Å²) in [6.07, 6.45) is 7.48. The number of carbonyl (C=O) groups is 1. The third-order valence-electron chi connectivity index (χ3n) is 7.37. The number of H-pyrrole nitrogens is 1. The number of nitrogens with one attached hydrogen (secondary N) is 2. The highest BCUT2D eigenvalue weighted by Crippen LogP contribution is 2.25. The van der Waals surface area contributed by atoms with Crippen LogP contribution in [0.2, 0.25) is 0 Å². The molecule has 39 heavy (non-hydrogen) atoms. The standard InChI is InChI=1S/C28H36N8O.C2H6/c1-4-23(29-5-2)25-8-11-30-28(33-25)31-21-6-7-24-20(18-21)19-26(32-24)27(37)36-12-9-22(10-13-36)35-16-14-34(3)15-17-35;1-2/h4-8,11,18-19,22,32H,9-10,12-17H2,1-3H3,(H,30,31,33);1-2H3/b23-4-,29-5?;. The number of anilines is 2. The number of aromatic amines is 1. The van der Waals surface area contributed by atoms with E-state index in [2.05, 4.69) is 42.1 Å². The molecule has 0 atom stereocenters. The Morgan fingerprint density at radius 3 is 2.49 bits per heavy atom. The predicted molar refractivity (Wildman–Crippen MR) is 161 cm³/mol. The van der Waals surface area contributed by atoms with Crippen LogP contribution in [0, 0.1) is 0 Å². The highest BCUT2D eigenvalue weighted by Gasteiger charge is 2.29. The van der Waals surface area contributed by atoms with Crippen molar-refractivity contribution in [1.82, 2.24) is 29.7 Å². The number of likely N-dealkylation sites (N-methyl/N-ethyl adjacent to an activating group) is 1. The molecule has 2 aliphatic heterocycles. The highest BCUT2D eigenvalue weighted by molar-refractivity contribution is 5.98. The zero-order chi connectivity index (χ0) is 27.8. The van der Waals surface area contributed by atoms with Crippen LogP contribution >= 0.6 is 0 Å². The number of likely N-dealkylation sites (tertiary alicyclic amines) is 1. The van der Waals surface area contributed by atoms with E-state index >= 15 is 0 Å². The summed E-state index contributed by atoms with van der Waals surface area (Å²) >= 11 is 0. The Kier molecular flexibility index (Phi) is 9.84. The zero-order valence-corrected chi connectivity index (χ0v) is 23.9. The molecular weight excluding hydrogens is 488 g/mol. The molecule has 0 bridgehead atoms. The number of rotatable bonds is 6. The second-order valence-corrected chi connectivity index (χ2v) is 9.80. The number of aromatic nitrogens is 3. The minimum absolute atomic E-state index is 0.0777. The Labute approximate surface area is 232 Å². The maximum absolute atomic E-state index is 13.3. The number of carbonyl (C=O) groups excluding carboxylic acids is 1. The van der Waals surface area contributed by atoms with Crippen molar-refractivity contribution in [2.24, 2.45) is 4.99 Å². The molecule has 2 aromatic heterocycles. The first kappa shape index (κ1) is 28.4. The van der Waals surface area contributed by atoms with Crippen LogP contribution in [0.15, 0.2) is 47.6 Å². The quantitative estimate of drug-likeness (QED) is 0.434. The molecule has 0 aliphatic carbocycles. The summed E-state index contributed by atoms with van der Waals surface area (Å²) in [5.41, 5.74) is 3.98. The molecule has 0 radical (unpaired) electrons. The van der Waals surface area contributed by atoms with Crippen molar-refractivity contribution in [3.8, 4) is 0 Å². The molecule has 2 aliphatic rings. The number of hydrogen-bond donors (Lipinski definition) is 2. The minimum atomic E-state index is 0.0777. The molecule has 3 aromatic rings. The van der Waals surface area contributed by atoms with E-state index in [0.717, 1.165) is 80.1 Å². The maximum atomic E-state index is 13.3. The first-order valence-corrected chi connectivity index (χ1v) is 14.1. The van der Waals surface area contributed by atoms with Crippen LogP contribution < -0.4 is 5.32 Å². The number of fused-ring (bicyclic) bond motifs is 1. The normalized spacial score (nSPS) is 17.9. The largest absolute Gasteiger partial charge is 0.351 e. The topological polar surface area (TPSA) is 92.7 Å². The van der Waals surface area contributed by atoms with Gasteiger partial charge >= 0.3 is 0 Å². The van der Waals surface area contributed by atoms with Crippen molar-refractivity contribution < 1.29 is 4.79 Å². The molecule has 1 aromatic carbocycles. The fourth-order valence-electron chi connectivity index (χ4n) is 5.24. The molecule has 0 spiro atoms. The zero-order valence-electron chi connectivity index (χ0n) is 23.9. The molecule has 4 heterocycles. The molecule has 2 fully saturated rings. The van der Waals surface area contributed by atoms with Gasteiger partial charge < -0.3 is 20.1 Å². The number of amides is 1. The molecular formula is C30H42N8O. The van der Waals surface area contributed by atoms with Crippen LogP contribution in [0.3, 0.4) is 0 Å². The monoisotopic (exact) mass is 530 g/mol. The van der Waals surface area contributed by atoms with Crippen molar-refractivity contribution in [2.45, 2.75) is 46.6 Å². The van der Waals surface area contributed by atoms with Gasteiger partial charge in [-0.2, -0.15) is 0 Å². The summed E-state index contributed by atoms with van der Waals surface area (Å²) in [6, 6.07) is 10.3. The van der Waals surface area contributed by atoms with Crippen LogP contribution in [0.5, 0.6) is 0 Å². The summed E-state index contributed by atoms with van der Waals surface area (Å²) < 4.78 is 0. The summed E-state index contributed by atoms with van der Waals surface area (Å²) in [4.78, 5) is 36.9. The highest BCUT2D eigenvalue weighted by atomic mass is 16.2. The molecule has 9 heteroatoms. The lowest BCUT2D eigenvalue weighted by atomic mass is 10.0. The van der Waals surface area contributed by atoms with Gasteiger partial charge in [-0.3, -0.25) is 14.7 Å². The summed E-state index contributed by atoms with van der Waals surface area (Å²) in [6.45, 7) is 14.0. The number of allylic oxidation sites excluding steroid dienone is 1. The molecule has 0 unspecified atom stereocenters. The van der Waals surface area contributed by atoms with Crippen LogP contribution in [-0.4, -0.2) is 94.1 Å². The van der Waals surface area contributed by atoms with Gasteiger partial charge in [-0.25, -0.2) is 9.97 Å². The Morgan fingerprint density at radius 1 is 1.05 bits per heavy atom. The van der Waals surface area contributed by atoms with Crippen molar-refractivity contribution >= 4 is 40.4 Å². The number of hydrogen-bond acceptors (Lipinski definition) is 7. The van der Waals surface area contributed by atoms with E-state index in [0.29, 0.717) is 17.7 Å². The van der Waals surface area contributed by atoms with Gasteiger partial charge in [0, 0.05) is 74.3 Å². The van der Waals surface area contributed by atoms with E-state index < -0.39 is 0 Å². The molecule has 2 N–H and O–H groups in total. The minimum Gasteiger partial charge on any atom is -0.351 e. The van der Waals surface area contributed by atoms with Crippen LogP contribution in [0.4, 0.5) is 11.6 Å². The van der Waals surface area contributed by atoms with Gasteiger partial charge in [-0.05, 0) is 64.1 Å². The number of piperidine rings is 1. The average molecular weight is 531 g/mol. The van der Waals surface area contributed by atoms with Gasteiger partial charge in [0.25, 0.3) is 5.91 Å². The van der Waals surface area contributed by atoms with Gasteiger partial charge in [-0.1, -0.05) is 19.9 Å². The second kappa shape index (κ2) is 13.5. The van der Waals surface area contributed by atoms with E-state index in [1.807, 2.05) is 69.0 Å². The van der Waals surface area contributed by atoms with Crippen molar-refractivity contribution in [3.05, 3.63) is 54.0 Å². The molecule has 9 nitrogen and oxygen atoms in total. The van der Waals surface area contributed by atoms with E-state index in [1.165, 1.54) is 0 Å². The Morgan fingerprint density at radius 2 is 1.79 bits per heavy atom. The van der Waals surface area contributed by atoms with E-state index in [4.69, 9.17) is 0 Å². The number of benzene rings is 1.